The highest BCUT2D eigenvalue weighted by atomic mass is 32.2. The van der Waals surface area contributed by atoms with Crippen LogP contribution in [0.1, 0.15) is 0 Å². The van der Waals surface area contributed by atoms with Crippen LogP contribution in [0.5, 0.6) is 0 Å². The number of pyridine rings is 1. The molecule has 0 saturated heterocycles. The van der Waals surface area contributed by atoms with E-state index in [-0.39, 0.29) is 0 Å². The maximum Gasteiger partial charge on any atom is 0.189 e. The van der Waals surface area contributed by atoms with Gasteiger partial charge in [0.1, 0.15) is 0 Å². The van der Waals surface area contributed by atoms with Gasteiger partial charge in [-0.3, -0.25) is 4.98 Å². The van der Waals surface area contributed by atoms with Gasteiger partial charge in [0.15, 0.2) is 5.16 Å². The Morgan fingerprint density at radius 2 is 2.06 bits per heavy atom. The van der Waals surface area contributed by atoms with Gasteiger partial charge in [0.25, 0.3) is 0 Å². The first kappa shape index (κ1) is 10.7. The Balaban J connectivity index is 2.26. The van der Waals surface area contributed by atoms with Gasteiger partial charge in [-0.1, -0.05) is 23.7 Å². The highest BCUT2D eigenvalue weighted by Crippen LogP contribution is 2.17. The van der Waals surface area contributed by atoms with E-state index in [1.165, 1.54) is 11.8 Å². The van der Waals surface area contributed by atoms with Crippen molar-refractivity contribution < 1.29 is 0 Å². The fourth-order valence-electron chi connectivity index (χ4n) is 1.17. The largest absolute Gasteiger partial charge is 0.255 e. The van der Waals surface area contributed by atoms with E-state index in [0.29, 0.717) is 10.9 Å². The van der Waals surface area contributed by atoms with Crippen molar-refractivity contribution in [2.75, 3.05) is 5.75 Å². The summed E-state index contributed by atoms with van der Waals surface area (Å²) in [6, 6.07) is 7.55. The third kappa shape index (κ3) is 2.59. The smallest absolute Gasteiger partial charge is 0.189 e. The van der Waals surface area contributed by atoms with Crippen LogP contribution in [0.2, 0.25) is 0 Å². The zero-order valence-corrected chi connectivity index (χ0v) is 9.31. The molecule has 0 saturated carbocycles. The lowest BCUT2D eigenvalue weighted by molar-refractivity contribution is 0.970. The van der Waals surface area contributed by atoms with Crippen molar-refractivity contribution in [3.63, 3.8) is 0 Å². The van der Waals surface area contributed by atoms with E-state index in [1.807, 2.05) is 24.3 Å². The summed E-state index contributed by atoms with van der Waals surface area (Å²) in [5.41, 5.74) is 1.66. The lowest BCUT2D eigenvalue weighted by Gasteiger charge is -2.00. The molecular weight excluding hydrogens is 218 g/mol. The zero-order valence-electron chi connectivity index (χ0n) is 8.50. The summed E-state index contributed by atoms with van der Waals surface area (Å²) >= 11 is 1.44. The van der Waals surface area contributed by atoms with E-state index in [1.54, 1.807) is 12.4 Å². The van der Waals surface area contributed by atoms with Crippen molar-refractivity contribution >= 4 is 11.8 Å². The Hall–Kier alpha value is -1.86. The van der Waals surface area contributed by atoms with Crippen LogP contribution >= 0.6 is 11.8 Å². The molecule has 0 unspecified atom stereocenters. The molecule has 2 aromatic heterocycles. The average Bonchev–Trinajstić information content (AvgIpc) is 2.38. The molecule has 0 aliphatic heterocycles. The molecule has 0 amide bonds. The second kappa shape index (κ2) is 5.29. The molecule has 0 fully saturated rings. The minimum Gasteiger partial charge on any atom is -0.255 e. The fraction of sp³-hybridized carbons (Fsp3) is 0.0833. The second-order valence-corrected chi connectivity index (χ2v) is 3.87. The summed E-state index contributed by atoms with van der Waals surface area (Å²) in [7, 11) is 0. The summed E-state index contributed by atoms with van der Waals surface area (Å²) in [5.74, 6) is 3.12. The van der Waals surface area contributed by atoms with Gasteiger partial charge >= 0.3 is 0 Å². The second-order valence-electron chi connectivity index (χ2n) is 2.93. The van der Waals surface area contributed by atoms with Crippen molar-refractivity contribution in [3.05, 3.63) is 36.7 Å². The van der Waals surface area contributed by atoms with E-state index in [0.717, 1.165) is 11.4 Å². The molecule has 0 bridgehead atoms. The molecule has 2 rings (SSSR count). The van der Waals surface area contributed by atoms with E-state index < -0.39 is 0 Å². The zero-order chi connectivity index (χ0) is 11.2. The molecule has 0 atom stereocenters. The van der Waals surface area contributed by atoms with E-state index in [4.69, 9.17) is 6.42 Å². The molecule has 0 aliphatic rings. The van der Waals surface area contributed by atoms with Gasteiger partial charge in [-0.25, -0.2) is 9.97 Å². The molecule has 0 N–H and O–H groups in total. The topological polar surface area (TPSA) is 38.7 Å². The SMILES string of the molecule is C#CCSc1nccc(-c2ccccn2)n1. The molecular formula is C12H9N3S. The molecule has 0 radical (unpaired) electrons. The average molecular weight is 227 g/mol. The predicted octanol–water partition coefficient (Wildman–Crippen LogP) is 2.26. The Morgan fingerprint density at radius 1 is 1.12 bits per heavy atom. The molecule has 2 aromatic rings. The van der Waals surface area contributed by atoms with Crippen LogP contribution in [-0.2, 0) is 0 Å². The third-order valence-corrected chi connectivity index (χ3v) is 2.61. The van der Waals surface area contributed by atoms with Gasteiger partial charge in [-0.05, 0) is 18.2 Å². The molecule has 16 heavy (non-hydrogen) atoms. The number of hydrogen-bond donors (Lipinski definition) is 0. The van der Waals surface area contributed by atoms with E-state index >= 15 is 0 Å². The van der Waals surface area contributed by atoms with Crippen molar-refractivity contribution in [3.8, 4) is 23.7 Å². The minimum atomic E-state index is 0.575. The van der Waals surface area contributed by atoms with Crippen LogP contribution in [0.25, 0.3) is 11.4 Å². The number of nitrogens with zero attached hydrogens (tertiary/aromatic N) is 3. The van der Waals surface area contributed by atoms with Crippen LogP contribution in [-0.4, -0.2) is 20.7 Å². The summed E-state index contributed by atoms with van der Waals surface area (Å²) in [6.07, 6.45) is 8.65. The third-order valence-electron chi connectivity index (χ3n) is 1.85. The van der Waals surface area contributed by atoms with E-state index in [2.05, 4.69) is 20.9 Å². The number of aromatic nitrogens is 3. The minimum absolute atomic E-state index is 0.575. The van der Waals surface area contributed by atoms with Crippen LogP contribution in [0, 0.1) is 12.3 Å². The molecule has 3 nitrogen and oxygen atoms in total. The molecule has 0 aromatic carbocycles. The maximum absolute atomic E-state index is 5.19. The first-order valence-electron chi connectivity index (χ1n) is 4.71. The highest BCUT2D eigenvalue weighted by molar-refractivity contribution is 7.99. The number of terminal acetylenes is 1. The molecule has 2 heterocycles. The number of hydrogen-bond acceptors (Lipinski definition) is 4. The summed E-state index contributed by atoms with van der Waals surface area (Å²) in [6.45, 7) is 0. The first-order valence-corrected chi connectivity index (χ1v) is 5.69. The van der Waals surface area contributed by atoms with Crippen LogP contribution in [0.15, 0.2) is 41.8 Å². The van der Waals surface area contributed by atoms with Gasteiger partial charge < -0.3 is 0 Å². The van der Waals surface area contributed by atoms with Crippen molar-refractivity contribution in [1.82, 2.24) is 15.0 Å². The normalized spacial score (nSPS) is 9.69. The summed E-state index contributed by atoms with van der Waals surface area (Å²) in [5, 5.41) is 0.682. The molecule has 78 valence electrons. The number of rotatable bonds is 3. The van der Waals surface area contributed by atoms with Crippen molar-refractivity contribution in [2.45, 2.75) is 5.16 Å². The first-order chi connectivity index (χ1) is 7.90. The van der Waals surface area contributed by atoms with Gasteiger partial charge in [-0.15, -0.1) is 6.42 Å². The Bertz CT molecular complexity index is 505. The lowest BCUT2D eigenvalue weighted by atomic mass is 10.3. The molecule has 4 heteroatoms. The maximum atomic E-state index is 5.19. The standard InChI is InChI=1S/C12H9N3S/c1-2-9-16-12-14-8-6-11(15-12)10-5-3-4-7-13-10/h1,3-8H,9H2. The van der Waals surface area contributed by atoms with E-state index in [9.17, 15) is 0 Å². The summed E-state index contributed by atoms with van der Waals surface area (Å²) in [4.78, 5) is 12.7. The van der Waals surface area contributed by atoms with Gasteiger partial charge in [0, 0.05) is 12.4 Å². The highest BCUT2D eigenvalue weighted by Gasteiger charge is 2.02. The predicted molar refractivity (Wildman–Crippen MR) is 64.8 cm³/mol. The van der Waals surface area contributed by atoms with Gasteiger partial charge in [0.05, 0.1) is 17.1 Å². The van der Waals surface area contributed by atoms with Gasteiger partial charge in [-0.2, -0.15) is 0 Å². The van der Waals surface area contributed by atoms with Crippen LogP contribution in [0.4, 0.5) is 0 Å². The lowest BCUT2D eigenvalue weighted by Crippen LogP contribution is -1.91. The van der Waals surface area contributed by atoms with Crippen LogP contribution < -0.4 is 0 Å². The van der Waals surface area contributed by atoms with Crippen molar-refractivity contribution in [2.24, 2.45) is 0 Å². The Labute approximate surface area is 98.4 Å². The monoisotopic (exact) mass is 227 g/mol. The molecule has 0 spiro atoms. The van der Waals surface area contributed by atoms with Crippen molar-refractivity contribution in [1.29, 1.82) is 0 Å². The Morgan fingerprint density at radius 3 is 2.81 bits per heavy atom. The number of thioether (sulfide) groups is 1. The van der Waals surface area contributed by atoms with Gasteiger partial charge in [0.2, 0.25) is 0 Å². The molecule has 0 aliphatic carbocycles. The summed E-state index contributed by atoms with van der Waals surface area (Å²) < 4.78 is 0. The quantitative estimate of drug-likeness (QED) is 0.458. The fourth-order valence-corrected chi connectivity index (χ4v) is 1.68. The van der Waals surface area contributed by atoms with Crippen LogP contribution in [0.3, 0.4) is 0 Å². The Kier molecular flexibility index (Phi) is 3.52.